The molecule has 1 aliphatic heterocycles. The number of carbonyl (C=O) groups is 1. The zero-order valence-corrected chi connectivity index (χ0v) is 21.4. The van der Waals surface area contributed by atoms with Crippen LogP contribution in [0.1, 0.15) is 34.3 Å². The molecule has 0 spiro atoms. The molecule has 1 saturated heterocycles. The molecule has 5 nitrogen and oxygen atoms in total. The fourth-order valence-corrected chi connectivity index (χ4v) is 5.69. The number of methoxy groups -OCH3 is 2. The van der Waals surface area contributed by atoms with E-state index in [1.165, 1.54) is 17.4 Å². The smallest absolute Gasteiger partial charge is 0.254 e. The standard InChI is InChI=1S/C28H33FN2O3S/c1-30(28(32)23-13-16-35-19-23)25(17-21-7-4-5-9-24(21)29)20-11-14-31(15-12-20)18-22-8-6-10-26(33-2)27(22)34-3/h4-10,13,16,19-20,25H,11-12,14-15,17-18H2,1-3H3/t25-/m0/s1. The van der Waals surface area contributed by atoms with Gasteiger partial charge in [-0.1, -0.05) is 30.3 Å². The average molecular weight is 497 g/mol. The number of hydrogen-bond donors (Lipinski definition) is 0. The molecule has 0 bridgehead atoms. The van der Waals surface area contributed by atoms with E-state index in [0.29, 0.717) is 17.5 Å². The van der Waals surface area contributed by atoms with E-state index in [2.05, 4.69) is 11.0 Å². The molecule has 4 rings (SSSR count). The van der Waals surface area contributed by atoms with E-state index in [1.54, 1.807) is 20.3 Å². The lowest BCUT2D eigenvalue weighted by Gasteiger charge is -2.40. The van der Waals surface area contributed by atoms with Crippen LogP contribution in [0.2, 0.25) is 0 Å². The third-order valence-corrected chi connectivity index (χ3v) is 7.71. The van der Waals surface area contributed by atoms with Gasteiger partial charge in [0, 0.05) is 30.6 Å². The van der Waals surface area contributed by atoms with Crippen molar-refractivity contribution in [3.8, 4) is 11.5 Å². The molecule has 3 aromatic rings. The summed E-state index contributed by atoms with van der Waals surface area (Å²) in [6.45, 7) is 2.58. The number of benzene rings is 2. The number of rotatable bonds is 9. The normalized spacial score (nSPS) is 15.5. The lowest BCUT2D eigenvalue weighted by Crippen LogP contribution is -2.47. The molecule has 0 N–H and O–H groups in total. The highest BCUT2D eigenvalue weighted by Crippen LogP contribution is 2.33. The Kier molecular flexibility index (Phi) is 8.42. The summed E-state index contributed by atoms with van der Waals surface area (Å²) in [5.41, 5.74) is 2.45. The summed E-state index contributed by atoms with van der Waals surface area (Å²) in [4.78, 5) is 17.4. The van der Waals surface area contributed by atoms with E-state index >= 15 is 0 Å². The monoisotopic (exact) mass is 496 g/mol. The Morgan fingerprint density at radius 3 is 2.49 bits per heavy atom. The Morgan fingerprint density at radius 2 is 1.83 bits per heavy atom. The number of hydrogen-bond acceptors (Lipinski definition) is 5. The highest BCUT2D eigenvalue weighted by molar-refractivity contribution is 7.08. The zero-order chi connectivity index (χ0) is 24.8. The van der Waals surface area contributed by atoms with Gasteiger partial charge in [0.05, 0.1) is 19.8 Å². The molecule has 0 radical (unpaired) electrons. The highest BCUT2D eigenvalue weighted by Gasteiger charge is 2.33. The summed E-state index contributed by atoms with van der Waals surface area (Å²) in [5.74, 6) is 1.58. The molecule has 2 heterocycles. The number of thiophene rings is 1. The molecule has 1 atom stereocenters. The second-order valence-electron chi connectivity index (χ2n) is 9.06. The topological polar surface area (TPSA) is 42.0 Å². The van der Waals surface area contributed by atoms with Crippen molar-refractivity contribution in [1.29, 1.82) is 0 Å². The fourth-order valence-electron chi connectivity index (χ4n) is 5.06. The van der Waals surface area contributed by atoms with Crippen molar-refractivity contribution < 1.29 is 18.7 Å². The average Bonchev–Trinajstić information content (AvgIpc) is 3.43. The Hall–Kier alpha value is -2.90. The van der Waals surface area contributed by atoms with Crippen molar-refractivity contribution in [2.75, 3.05) is 34.4 Å². The molecule has 1 aliphatic rings. The van der Waals surface area contributed by atoms with Crippen LogP contribution < -0.4 is 9.47 Å². The van der Waals surface area contributed by atoms with Crippen molar-refractivity contribution in [3.05, 3.63) is 81.8 Å². The zero-order valence-electron chi connectivity index (χ0n) is 20.6. The van der Waals surface area contributed by atoms with E-state index in [-0.39, 0.29) is 23.7 Å². The van der Waals surface area contributed by atoms with Gasteiger partial charge in [-0.3, -0.25) is 9.69 Å². The molecular weight excluding hydrogens is 463 g/mol. The predicted molar refractivity (Wildman–Crippen MR) is 138 cm³/mol. The van der Waals surface area contributed by atoms with Crippen LogP contribution in [-0.4, -0.2) is 56.1 Å². The Morgan fingerprint density at radius 1 is 1.09 bits per heavy atom. The van der Waals surface area contributed by atoms with E-state index in [4.69, 9.17) is 9.47 Å². The number of likely N-dealkylation sites (tertiary alicyclic amines) is 1. The largest absolute Gasteiger partial charge is 0.493 e. The molecular formula is C28H33FN2O3S. The van der Waals surface area contributed by atoms with Crippen LogP contribution in [0.4, 0.5) is 4.39 Å². The minimum atomic E-state index is -0.212. The molecule has 0 unspecified atom stereocenters. The molecule has 7 heteroatoms. The van der Waals surface area contributed by atoms with Gasteiger partial charge in [-0.15, -0.1) is 0 Å². The van der Waals surface area contributed by atoms with E-state index in [1.807, 2.05) is 53.0 Å². The minimum absolute atomic E-state index is 0.00358. The first-order chi connectivity index (χ1) is 17.0. The number of nitrogens with zero attached hydrogens (tertiary/aromatic N) is 2. The third-order valence-electron chi connectivity index (χ3n) is 7.03. The lowest BCUT2D eigenvalue weighted by atomic mass is 9.84. The number of piperidine rings is 1. The second-order valence-corrected chi connectivity index (χ2v) is 9.84. The number of likely N-dealkylation sites (N-methyl/N-ethyl adjacent to an activating group) is 1. The van der Waals surface area contributed by atoms with Crippen LogP contribution >= 0.6 is 11.3 Å². The van der Waals surface area contributed by atoms with Gasteiger partial charge in [0.1, 0.15) is 5.82 Å². The van der Waals surface area contributed by atoms with E-state index < -0.39 is 0 Å². The van der Waals surface area contributed by atoms with Crippen LogP contribution in [0.5, 0.6) is 11.5 Å². The Labute approximate surface area is 211 Å². The maximum Gasteiger partial charge on any atom is 0.254 e. The van der Waals surface area contributed by atoms with Gasteiger partial charge < -0.3 is 14.4 Å². The van der Waals surface area contributed by atoms with Crippen molar-refractivity contribution in [3.63, 3.8) is 0 Å². The highest BCUT2D eigenvalue weighted by atomic mass is 32.1. The maximum absolute atomic E-state index is 14.6. The number of para-hydroxylation sites is 1. The van der Waals surface area contributed by atoms with Crippen LogP contribution in [0.15, 0.2) is 59.3 Å². The first-order valence-electron chi connectivity index (χ1n) is 12.0. The number of amides is 1. The summed E-state index contributed by atoms with van der Waals surface area (Å²) in [5, 5.41) is 3.79. The van der Waals surface area contributed by atoms with Crippen LogP contribution in [0.3, 0.4) is 0 Å². The summed E-state index contributed by atoms with van der Waals surface area (Å²) < 4.78 is 25.6. The van der Waals surface area contributed by atoms with Gasteiger partial charge in [0.15, 0.2) is 11.5 Å². The van der Waals surface area contributed by atoms with Crippen LogP contribution in [0, 0.1) is 11.7 Å². The van der Waals surface area contributed by atoms with Crippen molar-refractivity contribution in [1.82, 2.24) is 9.80 Å². The SMILES string of the molecule is COc1cccc(CN2CCC([C@H](Cc3ccccc3F)N(C)C(=O)c3ccsc3)CC2)c1OC. The number of halogens is 1. The van der Waals surface area contributed by atoms with Crippen LogP contribution in [0.25, 0.3) is 0 Å². The minimum Gasteiger partial charge on any atom is -0.493 e. The molecule has 186 valence electrons. The van der Waals surface area contributed by atoms with Gasteiger partial charge in [-0.25, -0.2) is 4.39 Å². The predicted octanol–water partition coefficient (Wildman–Crippen LogP) is 5.50. The molecule has 0 saturated carbocycles. The molecule has 1 fully saturated rings. The summed E-state index contributed by atoms with van der Waals surface area (Å²) in [6, 6.07) is 14.6. The van der Waals surface area contributed by atoms with Gasteiger partial charge in [0.2, 0.25) is 0 Å². The molecule has 2 aromatic carbocycles. The quantitative estimate of drug-likeness (QED) is 0.392. The first kappa shape index (κ1) is 25.2. The van der Waals surface area contributed by atoms with E-state index in [0.717, 1.165) is 49.5 Å². The molecule has 0 aliphatic carbocycles. The third kappa shape index (κ3) is 5.85. The van der Waals surface area contributed by atoms with Crippen molar-refractivity contribution in [2.24, 2.45) is 5.92 Å². The summed E-state index contributed by atoms with van der Waals surface area (Å²) in [7, 11) is 5.18. The lowest BCUT2D eigenvalue weighted by molar-refractivity contribution is 0.0583. The number of carbonyl (C=O) groups excluding carboxylic acids is 1. The Balaban J connectivity index is 1.48. The number of ether oxygens (including phenoxy) is 2. The van der Waals surface area contributed by atoms with Crippen molar-refractivity contribution >= 4 is 17.2 Å². The van der Waals surface area contributed by atoms with Gasteiger partial charge in [0.25, 0.3) is 5.91 Å². The molecule has 1 aromatic heterocycles. The van der Waals surface area contributed by atoms with Crippen LogP contribution in [-0.2, 0) is 13.0 Å². The van der Waals surface area contributed by atoms with Crippen molar-refractivity contribution in [2.45, 2.75) is 31.8 Å². The Bertz CT molecular complexity index is 1110. The van der Waals surface area contributed by atoms with Gasteiger partial charge in [-0.05, 0) is 67.4 Å². The fraction of sp³-hybridized carbons (Fsp3) is 0.393. The maximum atomic E-state index is 14.6. The second kappa shape index (κ2) is 11.7. The summed E-state index contributed by atoms with van der Waals surface area (Å²) >= 11 is 1.51. The van der Waals surface area contributed by atoms with E-state index in [9.17, 15) is 9.18 Å². The molecule has 35 heavy (non-hydrogen) atoms. The summed E-state index contributed by atoms with van der Waals surface area (Å²) in [6.07, 6.45) is 2.38. The first-order valence-corrected chi connectivity index (χ1v) is 12.9. The van der Waals surface area contributed by atoms with Gasteiger partial charge in [-0.2, -0.15) is 11.3 Å². The van der Waals surface area contributed by atoms with Gasteiger partial charge >= 0.3 is 0 Å². The molecule has 1 amide bonds.